The molecule has 2 bridgehead atoms. The van der Waals surface area contributed by atoms with Crippen LogP contribution in [0.3, 0.4) is 0 Å². The first kappa shape index (κ1) is 10.9. The number of carbonyl (C=O) groups excluding carboxylic acids is 1. The summed E-state index contributed by atoms with van der Waals surface area (Å²) in [5.41, 5.74) is 0.413. The van der Waals surface area contributed by atoms with Gasteiger partial charge in [0.1, 0.15) is 5.78 Å². The fraction of sp³-hybridized carbons (Fsp3) is 0.786. The monoisotopic (exact) mass is 206 g/mol. The predicted octanol–water partition coefficient (Wildman–Crippen LogP) is 3.74. The topological polar surface area (TPSA) is 17.1 Å². The van der Waals surface area contributed by atoms with Crippen LogP contribution in [0, 0.1) is 17.3 Å². The maximum Gasteiger partial charge on any atom is 0.132 e. The van der Waals surface area contributed by atoms with Crippen molar-refractivity contribution < 1.29 is 4.79 Å². The fourth-order valence-corrected chi connectivity index (χ4v) is 3.40. The molecule has 0 amide bonds. The van der Waals surface area contributed by atoms with Crippen LogP contribution in [0.25, 0.3) is 0 Å². The van der Waals surface area contributed by atoms with Crippen LogP contribution in [0.2, 0.25) is 0 Å². The first-order valence-electron chi connectivity index (χ1n) is 6.35. The Hall–Kier alpha value is -0.590. The van der Waals surface area contributed by atoms with E-state index >= 15 is 0 Å². The van der Waals surface area contributed by atoms with Crippen molar-refractivity contribution in [1.82, 2.24) is 0 Å². The van der Waals surface area contributed by atoms with Crippen LogP contribution in [0.15, 0.2) is 12.2 Å². The van der Waals surface area contributed by atoms with Gasteiger partial charge in [0.15, 0.2) is 0 Å². The summed E-state index contributed by atoms with van der Waals surface area (Å²) in [6, 6.07) is 0. The van der Waals surface area contributed by atoms with Gasteiger partial charge in [0.05, 0.1) is 0 Å². The Kier molecular flexibility index (Phi) is 2.99. The van der Waals surface area contributed by atoms with Crippen LogP contribution in [-0.2, 0) is 4.79 Å². The summed E-state index contributed by atoms with van der Waals surface area (Å²) in [7, 11) is 0. The van der Waals surface area contributed by atoms with Crippen LogP contribution in [0.4, 0.5) is 0 Å². The van der Waals surface area contributed by atoms with Gasteiger partial charge >= 0.3 is 0 Å². The lowest BCUT2D eigenvalue weighted by molar-refractivity contribution is -0.121. The van der Waals surface area contributed by atoms with Crippen molar-refractivity contribution in [3.05, 3.63) is 12.2 Å². The standard InChI is InChI=1S/C14H22O/c1-3-4-13(11(2)15)10-14-7-5-12(9-14)6-8-14/h5,7,12-13H,3-4,6,8-10H2,1-2H3/t12-,13-,14+/m1/s1. The van der Waals surface area contributed by atoms with E-state index in [4.69, 9.17) is 0 Å². The van der Waals surface area contributed by atoms with E-state index in [0.717, 1.165) is 25.2 Å². The molecule has 0 aromatic rings. The lowest BCUT2D eigenvalue weighted by Crippen LogP contribution is -2.22. The molecular formula is C14H22O. The SMILES string of the molecule is CCC[C@H](C[C@@]12C=C[C@H](CC1)C2)C(C)=O. The smallest absolute Gasteiger partial charge is 0.132 e. The Morgan fingerprint density at radius 2 is 2.40 bits per heavy atom. The molecule has 0 aromatic carbocycles. The van der Waals surface area contributed by atoms with Crippen molar-refractivity contribution in [2.45, 2.75) is 52.4 Å². The Labute approximate surface area is 92.9 Å². The van der Waals surface area contributed by atoms with Gasteiger partial charge in [-0.25, -0.2) is 0 Å². The van der Waals surface area contributed by atoms with E-state index in [9.17, 15) is 4.79 Å². The Morgan fingerprint density at radius 3 is 2.80 bits per heavy atom. The van der Waals surface area contributed by atoms with Gasteiger partial charge in [0.25, 0.3) is 0 Å². The van der Waals surface area contributed by atoms with Crippen LogP contribution in [0.1, 0.15) is 52.4 Å². The van der Waals surface area contributed by atoms with Crippen molar-refractivity contribution in [3.63, 3.8) is 0 Å². The molecule has 0 aromatic heterocycles. The highest BCUT2D eigenvalue weighted by atomic mass is 16.1. The van der Waals surface area contributed by atoms with Gasteiger partial charge in [-0.3, -0.25) is 4.79 Å². The maximum atomic E-state index is 11.6. The molecule has 2 aliphatic carbocycles. The number of carbonyl (C=O) groups is 1. The summed E-state index contributed by atoms with van der Waals surface area (Å²) >= 11 is 0. The summed E-state index contributed by atoms with van der Waals surface area (Å²) in [5, 5.41) is 0. The molecule has 1 saturated carbocycles. The molecule has 15 heavy (non-hydrogen) atoms. The van der Waals surface area contributed by atoms with Crippen molar-refractivity contribution in [1.29, 1.82) is 0 Å². The zero-order valence-corrected chi connectivity index (χ0v) is 9.96. The molecule has 1 nitrogen and oxygen atoms in total. The van der Waals surface area contributed by atoms with Crippen LogP contribution < -0.4 is 0 Å². The molecule has 2 aliphatic rings. The van der Waals surface area contributed by atoms with E-state index in [1.54, 1.807) is 6.92 Å². The third-order valence-electron chi connectivity index (χ3n) is 4.27. The first-order valence-corrected chi connectivity index (χ1v) is 6.35. The molecule has 1 fully saturated rings. The molecule has 2 rings (SSSR count). The molecule has 0 unspecified atom stereocenters. The lowest BCUT2D eigenvalue weighted by Gasteiger charge is -2.27. The molecule has 0 radical (unpaired) electrons. The zero-order chi connectivity index (χ0) is 10.9. The van der Waals surface area contributed by atoms with Crippen LogP contribution in [-0.4, -0.2) is 5.78 Å². The summed E-state index contributed by atoms with van der Waals surface area (Å²) in [4.78, 5) is 11.6. The van der Waals surface area contributed by atoms with E-state index in [-0.39, 0.29) is 0 Å². The zero-order valence-electron chi connectivity index (χ0n) is 9.96. The average Bonchev–Trinajstić information content (AvgIpc) is 2.76. The van der Waals surface area contributed by atoms with Crippen molar-refractivity contribution in [2.75, 3.05) is 0 Å². The minimum atomic E-state index is 0.316. The summed E-state index contributed by atoms with van der Waals surface area (Å²) < 4.78 is 0. The van der Waals surface area contributed by atoms with Gasteiger partial charge < -0.3 is 0 Å². The van der Waals surface area contributed by atoms with Gasteiger partial charge in [-0.1, -0.05) is 25.5 Å². The quantitative estimate of drug-likeness (QED) is 0.626. The number of hydrogen-bond acceptors (Lipinski definition) is 1. The second-order valence-electron chi connectivity index (χ2n) is 5.52. The highest BCUT2D eigenvalue weighted by Gasteiger charge is 2.42. The largest absolute Gasteiger partial charge is 0.300 e. The molecule has 0 spiro atoms. The van der Waals surface area contributed by atoms with Crippen LogP contribution >= 0.6 is 0 Å². The van der Waals surface area contributed by atoms with Crippen molar-refractivity contribution in [2.24, 2.45) is 17.3 Å². The van der Waals surface area contributed by atoms with Gasteiger partial charge in [0.2, 0.25) is 0 Å². The number of allylic oxidation sites excluding steroid dienone is 2. The summed E-state index contributed by atoms with van der Waals surface area (Å²) in [5.74, 6) is 1.55. The molecule has 84 valence electrons. The van der Waals surface area contributed by atoms with E-state index in [1.807, 2.05) is 0 Å². The molecule has 0 saturated heterocycles. The summed E-state index contributed by atoms with van der Waals surface area (Å²) in [6.07, 6.45) is 12.1. The van der Waals surface area contributed by atoms with Crippen molar-refractivity contribution >= 4 is 5.78 Å². The van der Waals surface area contributed by atoms with E-state index in [0.29, 0.717) is 17.1 Å². The maximum absolute atomic E-state index is 11.6. The highest BCUT2D eigenvalue weighted by Crippen LogP contribution is 2.52. The molecular weight excluding hydrogens is 184 g/mol. The number of hydrogen-bond donors (Lipinski definition) is 0. The number of fused-ring (bicyclic) bond motifs is 2. The number of Topliss-reactive ketones (excluding diaryl/α,β-unsaturated/α-hetero) is 1. The predicted molar refractivity (Wildman–Crippen MR) is 62.6 cm³/mol. The van der Waals surface area contributed by atoms with Gasteiger partial charge in [0, 0.05) is 5.92 Å². The fourth-order valence-electron chi connectivity index (χ4n) is 3.40. The highest BCUT2D eigenvalue weighted by molar-refractivity contribution is 5.78. The molecule has 3 atom stereocenters. The Balaban J connectivity index is 2.00. The Morgan fingerprint density at radius 1 is 1.60 bits per heavy atom. The third kappa shape index (κ3) is 2.16. The Bertz CT molecular complexity index is 279. The third-order valence-corrected chi connectivity index (χ3v) is 4.27. The van der Waals surface area contributed by atoms with Crippen LogP contribution in [0.5, 0.6) is 0 Å². The first-order chi connectivity index (χ1) is 7.15. The van der Waals surface area contributed by atoms with Crippen molar-refractivity contribution in [3.8, 4) is 0 Å². The van der Waals surface area contributed by atoms with Gasteiger partial charge in [-0.05, 0) is 50.4 Å². The molecule has 1 heteroatoms. The van der Waals surface area contributed by atoms with Gasteiger partial charge in [-0.2, -0.15) is 0 Å². The minimum Gasteiger partial charge on any atom is -0.300 e. The minimum absolute atomic E-state index is 0.316. The average molecular weight is 206 g/mol. The normalized spacial score (nSPS) is 34.7. The van der Waals surface area contributed by atoms with Gasteiger partial charge in [-0.15, -0.1) is 0 Å². The molecule has 0 heterocycles. The second-order valence-corrected chi connectivity index (χ2v) is 5.52. The van der Waals surface area contributed by atoms with E-state index in [2.05, 4.69) is 19.1 Å². The molecule has 0 N–H and O–H groups in total. The van der Waals surface area contributed by atoms with E-state index in [1.165, 1.54) is 19.3 Å². The second kappa shape index (κ2) is 4.11. The number of rotatable bonds is 5. The van der Waals surface area contributed by atoms with E-state index < -0.39 is 0 Å². The summed E-state index contributed by atoms with van der Waals surface area (Å²) in [6.45, 7) is 3.94. The number of ketones is 1. The molecule has 0 aliphatic heterocycles. The lowest BCUT2D eigenvalue weighted by atomic mass is 9.76.